The number of aliphatic hydroxyl groups is 1. The summed E-state index contributed by atoms with van der Waals surface area (Å²) in [5, 5.41) is 9.43. The van der Waals surface area contributed by atoms with Gasteiger partial charge in [-0.15, -0.1) is 0 Å². The van der Waals surface area contributed by atoms with Gasteiger partial charge in [-0.05, 0) is 44.9 Å². The van der Waals surface area contributed by atoms with Crippen LogP contribution in [0.2, 0.25) is 0 Å². The Hall–Kier alpha value is -1.63. The van der Waals surface area contributed by atoms with Crippen molar-refractivity contribution >= 4 is 5.97 Å². The quantitative estimate of drug-likeness (QED) is 0.760. The molecule has 1 aliphatic heterocycles. The Balaban J connectivity index is 2.01. The van der Waals surface area contributed by atoms with Crippen molar-refractivity contribution in [3.8, 4) is 5.75 Å². The minimum atomic E-state index is -0.523. The molecule has 0 spiro atoms. The zero-order valence-corrected chi connectivity index (χ0v) is 15.4. The van der Waals surface area contributed by atoms with Crippen LogP contribution in [0.5, 0.6) is 5.75 Å². The van der Waals surface area contributed by atoms with E-state index in [0.717, 1.165) is 18.7 Å². The maximum absolute atomic E-state index is 11.8. The highest BCUT2D eigenvalue weighted by Crippen LogP contribution is 2.27. The normalized spacial score (nSPS) is 17.1. The van der Waals surface area contributed by atoms with Crippen molar-refractivity contribution in [3.05, 3.63) is 29.8 Å². The number of aliphatic hydroxyl groups excluding tert-OH is 1. The number of carbonyl (C=O) groups excluding carboxylic acids is 1. The van der Waals surface area contributed by atoms with Gasteiger partial charge in [0.2, 0.25) is 0 Å². The first-order valence-corrected chi connectivity index (χ1v) is 8.76. The van der Waals surface area contributed by atoms with E-state index in [0.29, 0.717) is 25.4 Å². The number of esters is 1. The van der Waals surface area contributed by atoms with E-state index in [4.69, 9.17) is 14.2 Å². The zero-order chi connectivity index (χ0) is 18.3. The van der Waals surface area contributed by atoms with E-state index < -0.39 is 11.6 Å². The van der Waals surface area contributed by atoms with Crippen LogP contribution in [-0.2, 0) is 14.3 Å². The maximum Gasteiger partial charge on any atom is 0.344 e. The van der Waals surface area contributed by atoms with E-state index in [1.807, 2.05) is 45.0 Å². The number of morpholine rings is 1. The van der Waals surface area contributed by atoms with E-state index in [2.05, 4.69) is 4.90 Å². The van der Waals surface area contributed by atoms with Gasteiger partial charge in [-0.25, -0.2) is 4.79 Å². The van der Waals surface area contributed by atoms with Gasteiger partial charge in [0.15, 0.2) is 6.61 Å². The molecule has 1 fully saturated rings. The molecule has 0 bridgehead atoms. The average Bonchev–Trinajstić information content (AvgIpc) is 2.57. The third kappa shape index (κ3) is 6.65. The van der Waals surface area contributed by atoms with Gasteiger partial charge in [0, 0.05) is 25.7 Å². The molecule has 1 heterocycles. The first-order valence-electron chi connectivity index (χ1n) is 8.76. The summed E-state index contributed by atoms with van der Waals surface area (Å²) in [4.78, 5) is 14.1. The van der Waals surface area contributed by atoms with Gasteiger partial charge in [0.1, 0.15) is 11.4 Å². The zero-order valence-electron chi connectivity index (χ0n) is 15.4. The van der Waals surface area contributed by atoms with Gasteiger partial charge in [-0.1, -0.05) is 12.1 Å². The van der Waals surface area contributed by atoms with Crippen LogP contribution in [-0.4, -0.2) is 61.1 Å². The molecule has 1 aromatic rings. The highest BCUT2D eigenvalue weighted by atomic mass is 16.6. The summed E-state index contributed by atoms with van der Waals surface area (Å²) >= 11 is 0. The Kier molecular flexibility index (Phi) is 7.23. The number of ether oxygens (including phenoxy) is 3. The Labute approximate surface area is 149 Å². The molecule has 2 rings (SSSR count). The number of rotatable bonds is 7. The van der Waals surface area contributed by atoms with Crippen LogP contribution < -0.4 is 4.74 Å². The van der Waals surface area contributed by atoms with E-state index >= 15 is 0 Å². The third-order valence-electron chi connectivity index (χ3n) is 3.91. The molecular formula is C19H29NO5. The van der Waals surface area contributed by atoms with Crippen LogP contribution >= 0.6 is 0 Å². The lowest BCUT2D eigenvalue weighted by Gasteiger charge is -2.34. The lowest BCUT2D eigenvalue weighted by molar-refractivity contribution is -0.157. The van der Waals surface area contributed by atoms with E-state index in [-0.39, 0.29) is 19.3 Å². The summed E-state index contributed by atoms with van der Waals surface area (Å²) < 4.78 is 16.3. The molecule has 0 amide bonds. The predicted molar refractivity (Wildman–Crippen MR) is 94.6 cm³/mol. The summed E-state index contributed by atoms with van der Waals surface area (Å²) in [6, 6.07) is 7.79. The van der Waals surface area contributed by atoms with Crippen molar-refractivity contribution in [2.24, 2.45) is 0 Å². The largest absolute Gasteiger partial charge is 0.482 e. The molecule has 0 unspecified atom stereocenters. The first-order chi connectivity index (χ1) is 11.9. The topological polar surface area (TPSA) is 68.2 Å². The van der Waals surface area contributed by atoms with Crippen molar-refractivity contribution < 1.29 is 24.1 Å². The molecule has 1 saturated heterocycles. The minimum Gasteiger partial charge on any atom is -0.482 e. The van der Waals surface area contributed by atoms with Crippen LogP contribution in [0.15, 0.2) is 24.3 Å². The van der Waals surface area contributed by atoms with E-state index in [1.54, 1.807) is 0 Å². The van der Waals surface area contributed by atoms with Crippen LogP contribution in [0.1, 0.15) is 38.8 Å². The fourth-order valence-electron chi connectivity index (χ4n) is 2.90. The van der Waals surface area contributed by atoms with Gasteiger partial charge in [-0.2, -0.15) is 0 Å². The molecule has 0 aliphatic carbocycles. The molecular weight excluding hydrogens is 322 g/mol. The highest BCUT2D eigenvalue weighted by molar-refractivity contribution is 5.71. The van der Waals surface area contributed by atoms with Gasteiger partial charge < -0.3 is 19.3 Å². The van der Waals surface area contributed by atoms with Crippen LogP contribution in [0.3, 0.4) is 0 Å². The van der Waals surface area contributed by atoms with Crippen molar-refractivity contribution in [3.63, 3.8) is 0 Å². The monoisotopic (exact) mass is 351 g/mol. The van der Waals surface area contributed by atoms with Gasteiger partial charge >= 0.3 is 5.97 Å². The lowest BCUT2D eigenvalue weighted by Crippen LogP contribution is -2.39. The van der Waals surface area contributed by atoms with Crippen molar-refractivity contribution in [2.45, 2.75) is 38.8 Å². The Morgan fingerprint density at radius 2 is 2.04 bits per heavy atom. The second-order valence-electron chi connectivity index (χ2n) is 7.12. The molecule has 140 valence electrons. The number of carbonyl (C=O) groups is 1. The van der Waals surface area contributed by atoms with Crippen LogP contribution in [0.4, 0.5) is 0 Å². The number of hydrogen-bond donors (Lipinski definition) is 1. The Morgan fingerprint density at radius 3 is 2.68 bits per heavy atom. The summed E-state index contributed by atoms with van der Waals surface area (Å²) in [6.45, 7) is 8.57. The predicted octanol–water partition coefficient (Wildman–Crippen LogP) is 2.16. The smallest absolute Gasteiger partial charge is 0.344 e. The van der Waals surface area contributed by atoms with Gasteiger partial charge in [-0.3, -0.25) is 4.90 Å². The second-order valence-corrected chi connectivity index (χ2v) is 7.12. The SMILES string of the molecule is CC(C)(C)OC(=O)COc1cccc([C@@H](CCO)N2CCOCC2)c1. The standard InChI is InChI=1S/C19H29NO5/c1-19(2,3)25-18(22)14-24-16-6-4-5-15(13-16)17(7-10-21)20-8-11-23-12-9-20/h4-6,13,17,21H,7-12,14H2,1-3H3/t17-/m1/s1. The molecule has 1 atom stereocenters. The summed E-state index contributed by atoms with van der Waals surface area (Å²) in [5.74, 6) is 0.234. The molecule has 1 aromatic carbocycles. The van der Waals surface area contributed by atoms with Gasteiger partial charge in [0.25, 0.3) is 0 Å². The first kappa shape index (κ1) is 19.7. The van der Waals surface area contributed by atoms with Gasteiger partial charge in [0.05, 0.1) is 13.2 Å². The maximum atomic E-state index is 11.8. The molecule has 1 N–H and O–H groups in total. The van der Waals surface area contributed by atoms with Crippen molar-refractivity contribution in [1.82, 2.24) is 4.90 Å². The molecule has 1 aliphatic rings. The Morgan fingerprint density at radius 1 is 1.32 bits per heavy atom. The lowest BCUT2D eigenvalue weighted by atomic mass is 10.0. The summed E-state index contributed by atoms with van der Waals surface area (Å²) in [7, 11) is 0. The molecule has 0 saturated carbocycles. The number of benzene rings is 1. The minimum absolute atomic E-state index is 0.110. The summed E-state index contributed by atoms with van der Waals surface area (Å²) in [6.07, 6.45) is 0.648. The molecule has 0 radical (unpaired) electrons. The fourth-order valence-corrected chi connectivity index (χ4v) is 2.90. The summed E-state index contributed by atoms with van der Waals surface area (Å²) in [5.41, 5.74) is 0.544. The average molecular weight is 351 g/mol. The second kappa shape index (κ2) is 9.17. The third-order valence-corrected chi connectivity index (χ3v) is 3.91. The molecule has 6 nitrogen and oxygen atoms in total. The molecule has 6 heteroatoms. The fraction of sp³-hybridized carbons (Fsp3) is 0.632. The van der Waals surface area contributed by atoms with Crippen LogP contribution in [0.25, 0.3) is 0 Å². The Bertz CT molecular complexity index is 549. The number of nitrogens with zero attached hydrogens (tertiary/aromatic N) is 1. The molecule has 25 heavy (non-hydrogen) atoms. The highest BCUT2D eigenvalue weighted by Gasteiger charge is 2.23. The van der Waals surface area contributed by atoms with Crippen molar-refractivity contribution in [2.75, 3.05) is 39.5 Å². The van der Waals surface area contributed by atoms with E-state index in [1.165, 1.54) is 0 Å². The number of hydrogen-bond acceptors (Lipinski definition) is 6. The molecule has 0 aromatic heterocycles. The van der Waals surface area contributed by atoms with Crippen LogP contribution in [0, 0.1) is 0 Å². The van der Waals surface area contributed by atoms with E-state index in [9.17, 15) is 9.90 Å². The van der Waals surface area contributed by atoms with Crippen molar-refractivity contribution in [1.29, 1.82) is 0 Å².